The molecular formula is C23H27N7. The van der Waals surface area contributed by atoms with E-state index in [-0.39, 0.29) is 5.84 Å². The first-order valence-corrected chi connectivity index (χ1v) is 10.2. The second-order valence-corrected chi connectivity index (χ2v) is 7.82. The maximum atomic E-state index is 8.12. The summed E-state index contributed by atoms with van der Waals surface area (Å²) < 4.78 is 1.98. The molecule has 30 heavy (non-hydrogen) atoms. The quantitative estimate of drug-likeness (QED) is 0.435. The highest BCUT2D eigenvalue weighted by molar-refractivity contribution is 6.00. The summed E-state index contributed by atoms with van der Waals surface area (Å²) in [6, 6.07) is 10.7. The predicted molar refractivity (Wildman–Crippen MR) is 120 cm³/mol. The topological polar surface area (TPSA) is 91.5 Å². The first kappa shape index (κ1) is 19.8. The average molecular weight is 402 g/mol. The number of benzene rings is 1. The molecule has 1 aromatic carbocycles. The number of fused-ring (bicyclic) bond motifs is 3. The standard InChI is InChI=1S/C23H27N7/c1-15(2)25-12-11-20(24)27-23-26-14-17-9-10-18-21(22(17)28-23)19(30(3)29-18)13-16-7-5-4-6-8-16/h4-8,11-12,14-15,25H,9-10,13H2,1-3H3,(H2,24,26,27,28)/b12-11-. The number of hydrogen-bond acceptors (Lipinski definition) is 5. The van der Waals surface area contributed by atoms with Crippen LogP contribution in [-0.2, 0) is 26.3 Å². The normalized spacial score (nSPS) is 12.7. The number of rotatable bonds is 6. The van der Waals surface area contributed by atoms with Crippen LogP contribution in [0.1, 0.15) is 36.4 Å². The Morgan fingerprint density at radius 1 is 1.23 bits per heavy atom. The number of aromatic nitrogens is 4. The van der Waals surface area contributed by atoms with Crippen molar-refractivity contribution >= 4 is 11.8 Å². The van der Waals surface area contributed by atoms with Gasteiger partial charge in [-0.1, -0.05) is 30.3 Å². The molecule has 3 N–H and O–H groups in total. The third-order valence-electron chi connectivity index (χ3n) is 5.11. The van der Waals surface area contributed by atoms with Crippen LogP contribution in [0.2, 0.25) is 0 Å². The Morgan fingerprint density at radius 2 is 2.03 bits per heavy atom. The first-order chi connectivity index (χ1) is 14.5. The van der Waals surface area contributed by atoms with E-state index in [9.17, 15) is 0 Å². The highest BCUT2D eigenvalue weighted by Crippen LogP contribution is 2.35. The molecule has 2 aromatic heterocycles. The van der Waals surface area contributed by atoms with Crippen molar-refractivity contribution in [3.05, 3.63) is 71.3 Å². The third-order valence-corrected chi connectivity index (χ3v) is 5.11. The Balaban J connectivity index is 1.64. The van der Waals surface area contributed by atoms with Crippen molar-refractivity contribution in [3.63, 3.8) is 0 Å². The summed E-state index contributed by atoms with van der Waals surface area (Å²) in [6.07, 6.45) is 7.86. The van der Waals surface area contributed by atoms with Crippen LogP contribution in [0.4, 0.5) is 5.95 Å². The zero-order valence-electron chi connectivity index (χ0n) is 17.6. The number of nitrogens with zero attached hydrogens (tertiary/aromatic N) is 4. The first-order valence-electron chi connectivity index (χ1n) is 10.2. The minimum absolute atomic E-state index is 0.231. The van der Waals surface area contributed by atoms with Crippen molar-refractivity contribution < 1.29 is 0 Å². The number of hydrogen-bond donors (Lipinski definition) is 3. The Morgan fingerprint density at radius 3 is 2.80 bits per heavy atom. The maximum absolute atomic E-state index is 8.12. The monoisotopic (exact) mass is 401 g/mol. The molecule has 2 heterocycles. The van der Waals surface area contributed by atoms with Gasteiger partial charge in [-0.05, 0) is 43.9 Å². The molecule has 0 amide bonds. The van der Waals surface area contributed by atoms with Gasteiger partial charge in [0, 0.05) is 37.5 Å². The van der Waals surface area contributed by atoms with E-state index >= 15 is 0 Å². The van der Waals surface area contributed by atoms with Crippen LogP contribution in [0.5, 0.6) is 0 Å². The minimum Gasteiger partial charge on any atom is -0.389 e. The average Bonchev–Trinajstić information content (AvgIpc) is 3.04. The summed E-state index contributed by atoms with van der Waals surface area (Å²) in [5, 5.41) is 19.0. The molecule has 0 saturated heterocycles. The second kappa shape index (κ2) is 8.49. The molecule has 1 aliphatic rings. The molecule has 154 valence electrons. The van der Waals surface area contributed by atoms with E-state index in [4.69, 9.17) is 15.5 Å². The maximum Gasteiger partial charge on any atom is 0.228 e. The summed E-state index contributed by atoms with van der Waals surface area (Å²) >= 11 is 0. The number of amidine groups is 1. The predicted octanol–water partition coefficient (Wildman–Crippen LogP) is 3.47. The smallest absolute Gasteiger partial charge is 0.228 e. The molecule has 0 unspecified atom stereocenters. The molecule has 7 heteroatoms. The van der Waals surface area contributed by atoms with Gasteiger partial charge in [0.2, 0.25) is 5.95 Å². The Kier molecular flexibility index (Phi) is 5.61. The SMILES string of the molecule is CC(C)N/C=C\C(=N)Nc1ncc2c(n1)-c1c(nn(C)c1Cc1ccccc1)CC2. The van der Waals surface area contributed by atoms with Crippen molar-refractivity contribution in [1.29, 1.82) is 5.41 Å². The lowest BCUT2D eigenvalue weighted by molar-refractivity contribution is 0.703. The van der Waals surface area contributed by atoms with Gasteiger partial charge >= 0.3 is 0 Å². The minimum atomic E-state index is 0.231. The van der Waals surface area contributed by atoms with Crippen LogP contribution in [0.15, 0.2) is 48.8 Å². The fraction of sp³-hybridized carbons (Fsp3) is 0.304. The fourth-order valence-electron chi connectivity index (χ4n) is 3.67. The van der Waals surface area contributed by atoms with E-state index in [2.05, 4.69) is 39.9 Å². The molecule has 1 aliphatic carbocycles. The van der Waals surface area contributed by atoms with Gasteiger partial charge in [0.1, 0.15) is 5.84 Å². The van der Waals surface area contributed by atoms with E-state index in [1.807, 2.05) is 37.8 Å². The van der Waals surface area contributed by atoms with Gasteiger partial charge in [-0.2, -0.15) is 5.10 Å². The molecule has 0 bridgehead atoms. The lowest BCUT2D eigenvalue weighted by atomic mass is 9.91. The Labute approximate surface area is 176 Å². The summed E-state index contributed by atoms with van der Waals surface area (Å²) in [6.45, 7) is 4.10. The summed E-state index contributed by atoms with van der Waals surface area (Å²) in [4.78, 5) is 9.21. The van der Waals surface area contributed by atoms with E-state index < -0.39 is 0 Å². The molecule has 4 rings (SSSR count). The molecule has 0 fully saturated rings. The molecule has 0 atom stereocenters. The van der Waals surface area contributed by atoms with Crippen LogP contribution in [0.3, 0.4) is 0 Å². The molecule has 0 saturated carbocycles. The van der Waals surface area contributed by atoms with Gasteiger partial charge in [-0.3, -0.25) is 10.1 Å². The van der Waals surface area contributed by atoms with Crippen molar-refractivity contribution in [2.45, 2.75) is 39.2 Å². The van der Waals surface area contributed by atoms with Gasteiger partial charge in [0.25, 0.3) is 0 Å². The van der Waals surface area contributed by atoms with Gasteiger partial charge in [-0.25, -0.2) is 9.97 Å². The van der Waals surface area contributed by atoms with E-state index in [0.29, 0.717) is 12.0 Å². The second-order valence-electron chi connectivity index (χ2n) is 7.82. The molecule has 7 nitrogen and oxygen atoms in total. The van der Waals surface area contributed by atoms with Gasteiger partial charge in [-0.15, -0.1) is 0 Å². The summed E-state index contributed by atoms with van der Waals surface area (Å²) in [5.41, 5.74) is 6.63. The molecule has 0 aliphatic heterocycles. The summed E-state index contributed by atoms with van der Waals surface area (Å²) in [7, 11) is 2.00. The van der Waals surface area contributed by atoms with Crippen molar-refractivity contribution in [1.82, 2.24) is 25.1 Å². The molecule has 0 spiro atoms. The number of anilines is 1. The lowest BCUT2D eigenvalue weighted by Gasteiger charge is -2.17. The van der Waals surface area contributed by atoms with Gasteiger partial charge < -0.3 is 10.6 Å². The molecular weight excluding hydrogens is 374 g/mol. The van der Waals surface area contributed by atoms with Gasteiger partial charge in [0.05, 0.1) is 17.1 Å². The highest BCUT2D eigenvalue weighted by Gasteiger charge is 2.26. The number of nitrogens with one attached hydrogen (secondary N) is 3. The largest absolute Gasteiger partial charge is 0.389 e. The third kappa shape index (κ3) is 4.25. The summed E-state index contributed by atoms with van der Waals surface area (Å²) in [5.74, 6) is 0.658. The Hall–Kier alpha value is -3.48. The zero-order valence-corrected chi connectivity index (χ0v) is 17.6. The molecule has 0 radical (unpaired) electrons. The van der Waals surface area contributed by atoms with Crippen LogP contribution < -0.4 is 10.6 Å². The highest BCUT2D eigenvalue weighted by atomic mass is 15.3. The lowest BCUT2D eigenvalue weighted by Crippen LogP contribution is -2.18. The van der Waals surface area contributed by atoms with Crippen LogP contribution >= 0.6 is 0 Å². The molecule has 3 aromatic rings. The van der Waals surface area contributed by atoms with Crippen molar-refractivity contribution in [2.24, 2.45) is 7.05 Å². The van der Waals surface area contributed by atoms with Crippen LogP contribution in [0.25, 0.3) is 11.3 Å². The fourth-order valence-corrected chi connectivity index (χ4v) is 3.67. The Bertz CT molecular complexity index is 1080. The number of aryl methyl sites for hydroxylation is 3. The van der Waals surface area contributed by atoms with Gasteiger partial charge in [0.15, 0.2) is 0 Å². The zero-order chi connectivity index (χ0) is 21.1. The van der Waals surface area contributed by atoms with E-state index in [1.165, 1.54) is 5.56 Å². The van der Waals surface area contributed by atoms with Crippen LogP contribution in [-0.4, -0.2) is 31.6 Å². The van der Waals surface area contributed by atoms with Crippen LogP contribution in [0, 0.1) is 5.41 Å². The van der Waals surface area contributed by atoms with Crippen molar-refractivity contribution in [3.8, 4) is 11.3 Å². The van der Waals surface area contributed by atoms with Crippen molar-refractivity contribution in [2.75, 3.05) is 5.32 Å². The van der Waals surface area contributed by atoms with E-state index in [0.717, 1.165) is 47.5 Å². The van der Waals surface area contributed by atoms with E-state index in [1.54, 1.807) is 12.3 Å².